The zero-order chi connectivity index (χ0) is 16.4. The lowest BCUT2D eigenvalue weighted by molar-refractivity contribution is -0.140. The predicted molar refractivity (Wildman–Crippen MR) is 85.5 cm³/mol. The van der Waals surface area contributed by atoms with Crippen molar-refractivity contribution in [3.63, 3.8) is 0 Å². The maximum absolute atomic E-state index is 11.6. The van der Waals surface area contributed by atoms with Crippen molar-refractivity contribution in [1.82, 2.24) is 5.32 Å². The minimum atomic E-state index is -0.232. The molecule has 7 heteroatoms. The third-order valence-electron chi connectivity index (χ3n) is 2.86. The van der Waals surface area contributed by atoms with Crippen LogP contribution < -0.4 is 10.1 Å². The van der Waals surface area contributed by atoms with Crippen molar-refractivity contribution in [2.24, 2.45) is 0 Å². The van der Waals surface area contributed by atoms with Crippen LogP contribution in [0.1, 0.15) is 25.7 Å². The molecule has 1 rings (SSSR count). The van der Waals surface area contributed by atoms with Gasteiger partial charge in [-0.15, -0.1) is 0 Å². The number of hydrogen-bond acceptors (Lipinski definition) is 4. The highest BCUT2D eigenvalue weighted by atomic mass is 35.5. The summed E-state index contributed by atoms with van der Waals surface area (Å²) < 4.78 is 9.86. The highest BCUT2D eigenvalue weighted by Gasteiger charge is 2.06. The summed E-state index contributed by atoms with van der Waals surface area (Å²) in [6.45, 7) is 0.412. The molecule has 0 spiro atoms. The molecule has 0 saturated carbocycles. The Morgan fingerprint density at radius 1 is 1.18 bits per heavy atom. The Balaban J connectivity index is 2.13. The van der Waals surface area contributed by atoms with E-state index in [9.17, 15) is 9.59 Å². The number of esters is 1. The van der Waals surface area contributed by atoms with Gasteiger partial charge in [-0.25, -0.2) is 0 Å². The van der Waals surface area contributed by atoms with Crippen LogP contribution in [0.15, 0.2) is 18.2 Å². The van der Waals surface area contributed by atoms with Crippen molar-refractivity contribution >= 4 is 35.1 Å². The summed E-state index contributed by atoms with van der Waals surface area (Å²) in [5, 5.41) is 3.63. The third kappa shape index (κ3) is 7.52. The summed E-state index contributed by atoms with van der Waals surface area (Å²) in [6, 6.07) is 4.81. The molecule has 1 amide bonds. The number of amides is 1. The Bertz CT molecular complexity index is 508. The molecule has 122 valence electrons. The van der Waals surface area contributed by atoms with E-state index in [0.717, 1.165) is 19.3 Å². The molecule has 0 aliphatic heterocycles. The smallest absolute Gasteiger partial charge is 0.305 e. The number of halogens is 2. The Morgan fingerprint density at radius 3 is 2.68 bits per heavy atom. The molecule has 5 nitrogen and oxygen atoms in total. The average molecular weight is 348 g/mol. The lowest BCUT2D eigenvalue weighted by atomic mass is 10.2. The van der Waals surface area contributed by atoms with Crippen molar-refractivity contribution in [2.75, 3.05) is 20.3 Å². The SMILES string of the molecule is COC(=O)CCCCCNC(=O)COc1cc(Cl)ccc1Cl. The van der Waals surface area contributed by atoms with Gasteiger partial charge in [0.05, 0.1) is 12.1 Å². The second kappa shape index (κ2) is 10.3. The van der Waals surface area contributed by atoms with Gasteiger partial charge in [0.2, 0.25) is 0 Å². The van der Waals surface area contributed by atoms with Gasteiger partial charge in [0, 0.05) is 24.1 Å². The number of hydrogen-bond donors (Lipinski definition) is 1. The average Bonchev–Trinajstić information content (AvgIpc) is 2.51. The third-order valence-corrected chi connectivity index (χ3v) is 3.41. The molecular formula is C15H19Cl2NO4. The zero-order valence-corrected chi connectivity index (χ0v) is 13.9. The summed E-state index contributed by atoms with van der Waals surface area (Å²) in [5.41, 5.74) is 0. The highest BCUT2D eigenvalue weighted by molar-refractivity contribution is 6.34. The molecule has 0 atom stereocenters. The molecule has 0 heterocycles. The van der Waals surface area contributed by atoms with Crippen LogP contribution in [0, 0.1) is 0 Å². The number of methoxy groups -OCH3 is 1. The van der Waals surface area contributed by atoms with E-state index in [-0.39, 0.29) is 18.5 Å². The van der Waals surface area contributed by atoms with Crippen LogP contribution in [0.2, 0.25) is 10.0 Å². The van der Waals surface area contributed by atoms with Crippen molar-refractivity contribution in [3.8, 4) is 5.75 Å². The Morgan fingerprint density at radius 2 is 1.95 bits per heavy atom. The lowest BCUT2D eigenvalue weighted by Gasteiger charge is -2.09. The number of carbonyl (C=O) groups excluding carboxylic acids is 2. The van der Waals surface area contributed by atoms with E-state index in [4.69, 9.17) is 27.9 Å². The number of carbonyl (C=O) groups is 2. The first kappa shape index (κ1) is 18.6. The van der Waals surface area contributed by atoms with Crippen LogP contribution in [-0.2, 0) is 14.3 Å². The van der Waals surface area contributed by atoms with Gasteiger partial charge in [0.1, 0.15) is 5.75 Å². The van der Waals surface area contributed by atoms with E-state index in [1.54, 1.807) is 18.2 Å². The van der Waals surface area contributed by atoms with E-state index in [0.29, 0.717) is 28.8 Å². The van der Waals surface area contributed by atoms with E-state index in [1.807, 2.05) is 0 Å². The highest BCUT2D eigenvalue weighted by Crippen LogP contribution is 2.27. The first-order valence-electron chi connectivity index (χ1n) is 6.94. The first-order chi connectivity index (χ1) is 10.5. The molecule has 22 heavy (non-hydrogen) atoms. The molecule has 0 radical (unpaired) electrons. The predicted octanol–water partition coefficient (Wildman–Crippen LogP) is 3.22. The molecule has 0 bridgehead atoms. The van der Waals surface area contributed by atoms with Crippen molar-refractivity contribution in [3.05, 3.63) is 28.2 Å². The topological polar surface area (TPSA) is 64.6 Å². The molecule has 0 aromatic heterocycles. The van der Waals surface area contributed by atoms with Crippen LogP contribution in [0.4, 0.5) is 0 Å². The van der Waals surface area contributed by atoms with E-state index in [2.05, 4.69) is 10.1 Å². The number of unbranched alkanes of at least 4 members (excludes halogenated alkanes) is 2. The normalized spacial score (nSPS) is 10.1. The molecule has 0 fully saturated rings. The monoisotopic (exact) mass is 347 g/mol. The summed E-state index contributed by atoms with van der Waals surface area (Å²) in [6.07, 6.45) is 2.79. The molecular weight excluding hydrogens is 329 g/mol. The van der Waals surface area contributed by atoms with Crippen molar-refractivity contribution < 1.29 is 19.1 Å². The number of nitrogens with one attached hydrogen (secondary N) is 1. The zero-order valence-electron chi connectivity index (χ0n) is 12.4. The van der Waals surface area contributed by atoms with E-state index >= 15 is 0 Å². The van der Waals surface area contributed by atoms with Gasteiger partial charge in [-0.2, -0.15) is 0 Å². The van der Waals surface area contributed by atoms with Crippen molar-refractivity contribution in [2.45, 2.75) is 25.7 Å². The molecule has 0 unspecified atom stereocenters. The second-order valence-electron chi connectivity index (χ2n) is 4.60. The fraction of sp³-hybridized carbons (Fsp3) is 0.467. The standard InChI is InChI=1S/C15H19Cl2NO4/c1-21-15(20)5-3-2-4-8-18-14(19)10-22-13-9-11(16)6-7-12(13)17/h6-7,9H,2-5,8,10H2,1H3,(H,18,19). The second-order valence-corrected chi connectivity index (χ2v) is 5.44. The fourth-order valence-electron chi connectivity index (χ4n) is 1.68. The van der Waals surface area contributed by atoms with Crippen molar-refractivity contribution in [1.29, 1.82) is 0 Å². The van der Waals surface area contributed by atoms with Crippen LogP contribution in [0.5, 0.6) is 5.75 Å². The van der Waals surface area contributed by atoms with Crippen LogP contribution in [0.25, 0.3) is 0 Å². The Hall–Kier alpha value is -1.46. The first-order valence-corrected chi connectivity index (χ1v) is 7.70. The molecule has 0 aliphatic rings. The minimum Gasteiger partial charge on any atom is -0.482 e. The van der Waals surface area contributed by atoms with E-state index < -0.39 is 0 Å². The van der Waals surface area contributed by atoms with Gasteiger partial charge in [-0.1, -0.05) is 29.6 Å². The number of ether oxygens (including phenoxy) is 2. The molecule has 1 N–H and O–H groups in total. The van der Waals surface area contributed by atoms with Gasteiger partial charge in [0.25, 0.3) is 5.91 Å². The summed E-state index contributed by atoms with van der Waals surface area (Å²) in [4.78, 5) is 22.5. The molecule has 1 aromatic rings. The van der Waals surface area contributed by atoms with Gasteiger partial charge >= 0.3 is 5.97 Å². The lowest BCUT2D eigenvalue weighted by Crippen LogP contribution is -2.29. The summed E-state index contributed by atoms with van der Waals surface area (Å²) in [7, 11) is 1.37. The van der Waals surface area contributed by atoms with Crippen LogP contribution >= 0.6 is 23.2 Å². The van der Waals surface area contributed by atoms with Gasteiger partial charge in [-0.05, 0) is 25.0 Å². The summed E-state index contributed by atoms with van der Waals surface area (Å²) in [5.74, 6) is -0.0674. The van der Waals surface area contributed by atoms with Gasteiger partial charge < -0.3 is 14.8 Å². The maximum Gasteiger partial charge on any atom is 0.305 e. The Kier molecular flexibility index (Phi) is 8.70. The number of rotatable bonds is 9. The minimum absolute atomic E-state index is 0.123. The van der Waals surface area contributed by atoms with Crippen LogP contribution in [0.3, 0.4) is 0 Å². The molecule has 0 saturated heterocycles. The van der Waals surface area contributed by atoms with Crippen LogP contribution in [-0.4, -0.2) is 32.1 Å². The molecule has 0 aliphatic carbocycles. The Labute approximate surface area is 139 Å². The molecule has 1 aromatic carbocycles. The van der Waals surface area contributed by atoms with E-state index in [1.165, 1.54) is 7.11 Å². The quantitative estimate of drug-likeness (QED) is 0.550. The largest absolute Gasteiger partial charge is 0.482 e. The fourth-order valence-corrected chi connectivity index (χ4v) is 2.02. The number of benzene rings is 1. The van der Waals surface area contributed by atoms with Gasteiger partial charge in [-0.3, -0.25) is 9.59 Å². The summed E-state index contributed by atoms with van der Waals surface area (Å²) >= 11 is 11.8. The van der Waals surface area contributed by atoms with Gasteiger partial charge in [0.15, 0.2) is 6.61 Å². The maximum atomic E-state index is 11.6.